The second kappa shape index (κ2) is 8.24. The summed E-state index contributed by atoms with van der Waals surface area (Å²) in [6, 6.07) is 11.0. The summed E-state index contributed by atoms with van der Waals surface area (Å²) in [4.78, 5) is 15.4. The molecule has 1 saturated carbocycles. The molecule has 0 spiro atoms. The summed E-state index contributed by atoms with van der Waals surface area (Å²) in [5.41, 5.74) is 1.78. The third-order valence-corrected chi connectivity index (χ3v) is 5.97. The van der Waals surface area contributed by atoms with Crippen LogP contribution in [0.1, 0.15) is 31.4 Å². The van der Waals surface area contributed by atoms with Gasteiger partial charge in [-0.25, -0.2) is 4.39 Å². The first-order chi connectivity index (χ1) is 14.4. The van der Waals surface area contributed by atoms with E-state index in [9.17, 15) is 9.18 Å². The van der Waals surface area contributed by atoms with Gasteiger partial charge in [-0.05, 0) is 56.2 Å². The van der Waals surface area contributed by atoms with Gasteiger partial charge in [0, 0.05) is 22.3 Å². The summed E-state index contributed by atoms with van der Waals surface area (Å²) in [6.07, 6.45) is 1.98. The number of amides is 1. The zero-order valence-electron chi connectivity index (χ0n) is 16.5. The standard InChI is InChI=1S/C22H21ClFN3O2S/c1-12-18(21(28)25-16-8-3-4-9-17(16)29-2)20(19-14(23)6-5-7-15(19)24)26-22(30)27(12)13-10-11-13/h3-9,13,20H,10-11H2,1-2H3,(H,25,28)(H,26,30). The Morgan fingerprint density at radius 3 is 2.67 bits per heavy atom. The maximum absolute atomic E-state index is 14.8. The molecule has 156 valence electrons. The molecule has 1 unspecified atom stereocenters. The van der Waals surface area contributed by atoms with Gasteiger partial charge in [-0.2, -0.15) is 0 Å². The highest BCUT2D eigenvalue weighted by atomic mass is 35.5. The van der Waals surface area contributed by atoms with Crippen LogP contribution >= 0.6 is 23.8 Å². The number of carbonyl (C=O) groups is 1. The van der Waals surface area contributed by atoms with Crippen LogP contribution in [0.3, 0.4) is 0 Å². The maximum Gasteiger partial charge on any atom is 0.255 e. The molecule has 30 heavy (non-hydrogen) atoms. The SMILES string of the molecule is COc1ccccc1NC(=O)C1=C(C)N(C2CC2)C(=S)NC1c1c(F)cccc1Cl. The van der Waals surface area contributed by atoms with Crippen molar-refractivity contribution in [2.75, 3.05) is 12.4 Å². The van der Waals surface area contributed by atoms with E-state index in [0.717, 1.165) is 12.8 Å². The molecule has 1 aliphatic heterocycles. The van der Waals surface area contributed by atoms with Gasteiger partial charge in [0.25, 0.3) is 5.91 Å². The van der Waals surface area contributed by atoms with Crippen LogP contribution in [0.2, 0.25) is 5.02 Å². The lowest BCUT2D eigenvalue weighted by molar-refractivity contribution is -0.113. The lowest BCUT2D eigenvalue weighted by Gasteiger charge is -2.38. The lowest BCUT2D eigenvalue weighted by Crippen LogP contribution is -2.49. The van der Waals surface area contributed by atoms with E-state index < -0.39 is 11.9 Å². The molecule has 1 amide bonds. The molecule has 0 bridgehead atoms. The molecule has 0 saturated heterocycles. The van der Waals surface area contributed by atoms with E-state index in [-0.39, 0.29) is 22.5 Å². The summed E-state index contributed by atoms with van der Waals surface area (Å²) in [7, 11) is 1.53. The van der Waals surface area contributed by atoms with E-state index in [1.54, 1.807) is 24.3 Å². The summed E-state index contributed by atoms with van der Waals surface area (Å²) in [5, 5.41) is 6.74. The molecule has 4 rings (SSSR count). The summed E-state index contributed by atoms with van der Waals surface area (Å²) < 4.78 is 20.1. The van der Waals surface area contributed by atoms with E-state index in [0.29, 0.717) is 27.8 Å². The Morgan fingerprint density at radius 2 is 2.00 bits per heavy atom. The van der Waals surface area contributed by atoms with E-state index in [2.05, 4.69) is 10.6 Å². The topological polar surface area (TPSA) is 53.6 Å². The van der Waals surface area contributed by atoms with E-state index in [1.165, 1.54) is 19.2 Å². The minimum absolute atomic E-state index is 0.196. The second-order valence-electron chi connectivity index (χ2n) is 7.27. The predicted octanol–water partition coefficient (Wildman–Crippen LogP) is 4.79. The van der Waals surface area contributed by atoms with Crippen molar-refractivity contribution >= 4 is 40.5 Å². The molecule has 1 heterocycles. The van der Waals surface area contributed by atoms with Crippen LogP contribution in [-0.4, -0.2) is 29.1 Å². The first-order valence-electron chi connectivity index (χ1n) is 9.61. The number of ether oxygens (including phenoxy) is 1. The molecule has 1 atom stereocenters. The van der Waals surface area contributed by atoms with Gasteiger partial charge in [-0.1, -0.05) is 29.8 Å². The zero-order chi connectivity index (χ0) is 21.4. The monoisotopic (exact) mass is 445 g/mol. The van der Waals surface area contributed by atoms with E-state index in [4.69, 9.17) is 28.6 Å². The molecule has 2 N–H and O–H groups in total. The van der Waals surface area contributed by atoms with Gasteiger partial charge in [0.15, 0.2) is 5.11 Å². The number of hydrogen-bond donors (Lipinski definition) is 2. The van der Waals surface area contributed by atoms with Gasteiger partial charge in [0.1, 0.15) is 11.6 Å². The van der Waals surface area contributed by atoms with Gasteiger partial charge in [0.05, 0.1) is 24.4 Å². The fourth-order valence-electron chi connectivity index (χ4n) is 3.76. The number of methoxy groups -OCH3 is 1. The van der Waals surface area contributed by atoms with E-state index >= 15 is 0 Å². The van der Waals surface area contributed by atoms with Crippen molar-refractivity contribution in [1.82, 2.24) is 10.2 Å². The number of thiocarbonyl (C=S) groups is 1. The second-order valence-corrected chi connectivity index (χ2v) is 8.07. The normalized spacial score (nSPS) is 18.9. The third-order valence-electron chi connectivity index (χ3n) is 5.33. The fourth-order valence-corrected chi connectivity index (χ4v) is 4.44. The van der Waals surface area contributed by atoms with Gasteiger partial charge in [-0.15, -0.1) is 0 Å². The van der Waals surface area contributed by atoms with Crippen LogP contribution in [0.5, 0.6) is 5.75 Å². The van der Waals surface area contributed by atoms with Gasteiger partial charge < -0.3 is 20.3 Å². The molecule has 1 fully saturated rings. The van der Waals surface area contributed by atoms with Crippen LogP contribution < -0.4 is 15.4 Å². The minimum Gasteiger partial charge on any atom is -0.495 e. The van der Waals surface area contributed by atoms with Crippen molar-refractivity contribution < 1.29 is 13.9 Å². The highest BCUT2D eigenvalue weighted by Crippen LogP contribution is 2.40. The molecule has 2 aliphatic rings. The number of anilines is 1. The molecule has 2 aromatic carbocycles. The Hall–Kier alpha value is -2.64. The van der Waals surface area contributed by atoms with Crippen molar-refractivity contribution in [2.45, 2.75) is 31.8 Å². The van der Waals surface area contributed by atoms with Crippen molar-refractivity contribution in [3.8, 4) is 5.75 Å². The molecule has 2 aromatic rings. The van der Waals surface area contributed by atoms with Gasteiger partial charge >= 0.3 is 0 Å². The maximum atomic E-state index is 14.8. The third kappa shape index (κ3) is 3.75. The molecular formula is C22H21ClFN3O2S. The first kappa shape index (κ1) is 20.6. The van der Waals surface area contributed by atoms with Crippen LogP contribution in [0.25, 0.3) is 0 Å². The molecule has 5 nitrogen and oxygen atoms in total. The number of nitrogens with zero attached hydrogens (tertiary/aromatic N) is 1. The van der Waals surface area contributed by atoms with Crippen molar-refractivity contribution in [3.63, 3.8) is 0 Å². The van der Waals surface area contributed by atoms with Crippen LogP contribution in [0, 0.1) is 5.82 Å². The molecular weight excluding hydrogens is 425 g/mol. The molecule has 8 heteroatoms. The van der Waals surface area contributed by atoms with Crippen LogP contribution in [0.4, 0.5) is 10.1 Å². The lowest BCUT2D eigenvalue weighted by atomic mass is 9.93. The summed E-state index contributed by atoms with van der Waals surface area (Å²) in [6.45, 7) is 1.84. The molecule has 1 aliphatic carbocycles. The number of allylic oxidation sites excluding steroid dienone is 1. The number of halogens is 2. The van der Waals surface area contributed by atoms with Crippen LogP contribution in [-0.2, 0) is 4.79 Å². The van der Waals surface area contributed by atoms with E-state index in [1.807, 2.05) is 17.9 Å². The Labute approximate surface area is 184 Å². The Bertz CT molecular complexity index is 1030. The Morgan fingerprint density at radius 1 is 1.27 bits per heavy atom. The largest absolute Gasteiger partial charge is 0.495 e. The summed E-state index contributed by atoms with van der Waals surface area (Å²) >= 11 is 11.9. The Balaban J connectivity index is 1.80. The average Bonchev–Trinajstić information content (AvgIpc) is 3.53. The fraction of sp³-hybridized carbons (Fsp3) is 0.273. The first-order valence-corrected chi connectivity index (χ1v) is 10.4. The number of para-hydroxylation sites is 2. The smallest absolute Gasteiger partial charge is 0.255 e. The number of carbonyl (C=O) groups excluding carboxylic acids is 1. The predicted molar refractivity (Wildman–Crippen MR) is 119 cm³/mol. The molecule has 0 radical (unpaired) electrons. The van der Waals surface area contributed by atoms with Crippen molar-refractivity contribution in [2.24, 2.45) is 0 Å². The van der Waals surface area contributed by atoms with Crippen molar-refractivity contribution in [3.05, 3.63) is 70.1 Å². The number of benzene rings is 2. The van der Waals surface area contributed by atoms with Gasteiger partial charge in [0.2, 0.25) is 0 Å². The average molecular weight is 446 g/mol. The van der Waals surface area contributed by atoms with Crippen molar-refractivity contribution in [1.29, 1.82) is 0 Å². The minimum atomic E-state index is -0.809. The zero-order valence-corrected chi connectivity index (χ0v) is 18.1. The molecule has 0 aromatic heterocycles. The number of rotatable bonds is 5. The Kier molecular flexibility index (Phi) is 5.66. The van der Waals surface area contributed by atoms with Crippen LogP contribution in [0.15, 0.2) is 53.7 Å². The van der Waals surface area contributed by atoms with Gasteiger partial charge in [-0.3, -0.25) is 4.79 Å². The highest BCUT2D eigenvalue weighted by molar-refractivity contribution is 7.80. The number of nitrogens with one attached hydrogen (secondary N) is 2. The quantitative estimate of drug-likeness (QED) is 0.648. The number of hydrogen-bond acceptors (Lipinski definition) is 3. The highest BCUT2D eigenvalue weighted by Gasteiger charge is 2.41. The summed E-state index contributed by atoms with van der Waals surface area (Å²) in [5.74, 6) is -0.344.